The maximum absolute atomic E-state index is 14.8. The summed E-state index contributed by atoms with van der Waals surface area (Å²) in [7, 11) is 4.63. The summed E-state index contributed by atoms with van der Waals surface area (Å²) in [6.45, 7) is 22.3. The third-order valence-electron chi connectivity index (χ3n) is 29.5. The molecule has 3 amide bonds. The minimum atomic E-state index is -2.46. The molecule has 734 valence electrons. The van der Waals surface area contributed by atoms with Gasteiger partial charge in [0.05, 0.1) is 67.8 Å². The summed E-state index contributed by atoms with van der Waals surface area (Å²) < 4.78 is 43.9. The number of cyclic esters (lactones) is 1. The predicted molar refractivity (Wildman–Crippen MR) is 510 cm³/mol. The largest absolute Gasteiger partial charge is 0.460 e. The molecule has 6 fully saturated rings. The van der Waals surface area contributed by atoms with Crippen LogP contribution in [0.4, 0.5) is 17.8 Å². The number of aliphatic hydroxyl groups is 4. The molecule has 1 saturated carbocycles. The van der Waals surface area contributed by atoms with Crippen LogP contribution in [0.2, 0.25) is 0 Å². The normalized spacial score (nSPS) is 29.6. The van der Waals surface area contributed by atoms with Crippen LogP contribution in [-0.4, -0.2) is 300 Å². The lowest BCUT2D eigenvalue weighted by Gasteiger charge is -2.43. The number of Topliss-reactive ketones (excluding diaryl/α,β-unsaturated/α-hetero) is 2. The summed E-state index contributed by atoms with van der Waals surface area (Å²) in [5.41, 5.74) is 21.5. The number of nitrogen functional groups attached to an aromatic ring is 2. The van der Waals surface area contributed by atoms with Crippen molar-refractivity contribution in [1.29, 1.82) is 0 Å². The molecule has 6 aromatic rings. The van der Waals surface area contributed by atoms with Crippen molar-refractivity contribution in [3.63, 3.8) is 0 Å². The van der Waals surface area contributed by atoms with Crippen LogP contribution in [0.5, 0.6) is 0 Å². The second kappa shape index (κ2) is 47.0. The summed E-state index contributed by atoms with van der Waals surface area (Å²) >= 11 is 0. The molecule has 34 heteroatoms. The van der Waals surface area contributed by atoms with Crippen molar-refractivity contribution in [2.45, 2.75) is 257 Å². The number of methoxy groups -OCH3 is 3. The Kier molecular flexibility index (Phi) is 35.2. The lowest BCUT2D eigenvalue weighted by Crippen LogP contribution is -2.61. The Morgan fingerprint density at radius 1 is 0.733 bits per heavy atom. The van der Waals surface area contributed by atoms with Gasteiger partial charge in [0, 0.05) is 141 Å². The van der Waals surface area contributed by atoms with E-state index in [1.54, 1.807) is 53.5 Å². The molecule has 0 spiro atoms. The van der Waals surface area contributed by atoms with Gasteiger partial charge in [-0.2, -0.15) is 10.1 Å². The van der Waals surface area contributed by atoms with E-state index in [1.165, 1.54) is 29.5 Å². The first kappa shape index (κ1) is 101. The molecule has 11 heterocycles. The highest BCUT2D eigenvalue weighted by Gasteiger charge is 2.54. The van der Waals surface area contributed by atoms with Gasteiger partial charge in [-0.3, -0.25) is 24.0 Å². The smallest absolute Gasteiger partial charge is 0.329 e. The van der Waals surface area contributed by atoms with Crippen molar-refractivity contribution < 1.29 is 86.9 Å². The molecule has 14 rings (SSSR count). The van der Waals surface area contributed by atoms with Crippen molar-refractivity contribution in [3.05, 3.63) is 125 Å². The monoisotopic (exact) mass is 1870 g/mol. The fraction of sp³-hybridized carbons (Fsp3) is 0.634. The number of aryl methyl sites for hydroxylation is 1. The SMILES string of the molecule is CO[C@H]1C[C@@H]2CC[C@@H](C)[C@@](O)(O2)C(=O)C(=O)N2CCCC[C@H]2C(=O)O[C@H]([C@H](C)C[C@@H]2CC[C@@H](O)[C@H](OC)C2)C[C@@H](O)[C@H](C)/C=C(\C)[C@@H](O)[C@@H](OC)C(=NOCC(=O)CCc2cnc(N3CCN(C(=O)CCOCCN4CCC(N5CCC(C(=O)N6CCc7cc(Cn8nc(-c9ccc%10oc(N)nc%10c9)c9c(N)ncnc98)ccc7C6)CC5)CC4)CC3)nc2)[C@H](C)C[C@H](C)/C=C/C=C/C=C/1C. The summed E-state index contributed by atoms with van der Waals surface area (Å²) in [4.78, 5) is 126. The minimum absolute atomic E-state index is 0.0217. The molecule has 7 aliphatic heterocycles. The lowest BCUT2D eigenvalue weighted by atomic mass is 9.78. The van der Waals surface area contributed by atoms with E-state index in [0.29, 0.717) is 187 Å². The summed E-state index contributed by atoms with van der Waals surface area (Å²) in [5, 5.41) is 57.8. The van der Waals surface area contributed by atoms with Crippen LogP contribution >= 0.6 is 0 Å². The molecule has 5 saturated heterocycles. The fourth-order valence-electron chi connectivity index (χ4n) is 21.1. The molecular weight excluding hydrogens is 1730 g/mol. The highest BCUT2D eigenvalue weighted by molar-refractivity contribution is 6.39. The maximum atomic E-state index is 14.8. The Hall–Kier alpha value is -9.85. The topological polar surface area (TPSA) is 427 Å². The number of benzene rings is 2. The molecule has 8 N–H and O–H groups in total. The van der Waals surface area contributed by atoms with Crippen LogP contribution < -0.4 is 16.4 Å². The molecular formula is C101H142N16O18. The van der Waals surface area contributed by atoms with Crippen molar-refractivity contribution in [2.75, 3.05) is 130 Å². The van der Waals surface area contributed by atoms with Crippen molar-refractivity contribution in [3.8, 4) is 11.3 Å². The highest BCUT2D eigenvalue weighted by Crippen LogP contribution is 2.41. The van der Waals surface area contributed by atoms with Crippen LogP contribution in [-0.2, 0) is 88.0 Å². The number of esters is 1. The number of oxime groups is 1. The number of hydrogen-bond donors (Lipinski definition) is 6. The van der Waals surface area contributed by atoms with E-state index in [1.807, 2.05) is 78.9 Å². The van der Waals surface area contributed by atoms with Gasteiger partial charge in [-0.25, -0.2) is 29.4 Å². The number of carbonyl (C=O) groups excluding carboxylic acids is 6. The number of piperidine rings is 3. The van der Waals surface area contributed by atoms with Gasteiger partial charge in [-0.15, -0.1) is 0 Å². The molecule has 0 unspecified atom stereocenters. The predicted octanol–water partition coefficient (Wildman–Crippen LogP) is 9.75. The van der Waals surface area contributed by atoms with E-state index in [-0.39, 0.29) is 98.1 Å². The molecule has 0 radical (unpaired) electrons. The number of aromatic nitrogens is 7. The third kappa shape index (κ3) is 25.4. The lowest BCUT2D eigenvalue weighted by molar-refractivity contribution is -0.265. The molecule has 2 aromatic carbocycles. The zero-order valence-electron chi connectivity index (χ0n) is 80.4. The van der Waals surface area contributed by atoms with Crippen LogP contribution in [0.1, 0.15) is 186 Å². The number of anilines is 3. The van der Waals surface area contributed by atoms with E-state index >= 15 is 0 Å². The number of allylic oxidation sites excluding steroid dienone is 5. The van der Waals surface area contributed by atoms with E-state index < -0.39 is 84.1 Å². The van der Waals surface area contributed by atoms with Gasteiger partial charge in [0.25, 0.3) is 17.7 Å². The van der Waals surface area contributed by atoms with Gasteiger partial charge in [-0.05, 0) is 212 Å². The van der Waals surface area contributed by atoms with Gasteiger partial charge in [0.15, 0.2) is 23.6 Å². The van der Waals surface area contributed by atoms with E-state index in [9.17, 15) is 49.2 Å². The first-order chi connectivity index (χ1) is 65.0. The van der Waals surface area contributed by atoms with Crippen LogP contribution in [0.15, 0.2) is 112 Å². The second-order valence-corrected chi connectivity index (χ2v) is 39.0. The summed E-state index contributed by atoms with van der Waals surface area (Å²) in [6.07, 6.45) is 20.6. The number of aliphatic hydroxyl groups excluding tert-OH is 3. The molecule has 8 aliphatic rings. The molecule has 34 nitrogen and oxygen atoms in total. The number of carbonyl (C=O) groups is 6. The summed E-state index contributed by atoms with van der Waals surface area (Å²) in [6, 6.07) is 11.5. The van der Waals surface area contributed by atoms with Crippen molar-refractivity contribution in [2.24, 2.45) is 46.6 Å². The number of likely N-dealkylation sites (tertiary alicyclic amines) is 2. The Balaban J connectivity index is 0.515. The van der Waals surface area contributed by atoms with Gasteiger partial charge < -0.3 is 99.0 Å². The number of fused-ring (bicyclic) bond motifs is 6. The molecule has 2 bridgehead atoms. The number of ether oxygens (including phenoxy) is 6. The first-order valence-electron chi connectivity index (χ1n) is 48.9. The average molecular weight is 1870 g/mol. The Labute approximate surface area is 792 Å². The zero-order chi connectivity index (χ0) is 95.7. The van der Waals surface area contributed by atoms with Crippen LogP contribution in [0, 0.1) is 41.4 Å². The quantitative estimate of drug-likeness (QED) is 0.0108. The molecule has 135 heavy (non-hydrogen) atoms. The third-order valence-corrected chi connectivity index (χ3v) is 29.5. The summed E-state index contributed by atoms with van der Waals surface area (Å²) in [5.74, 6) is -6.39. The number of amides is 3. The highest BCUT2D eigenvalue weighted by atomic mass is 16.6. The number of ketones is 2. The van der Waals surface area contributed by atoms with Gasteiger partial charge in [0.2, 0.25) is 23.5 Å². The number of hydrogen-bond acceptors (Lipinski definition) is 30. The average Bonchev–Trinajstić information content (AvgIpc) is 1.72. The van der Waals surface area contributed by atoms with Crippen LogP contribution in [0.3, 0.4) is 0 Å². The molecule has 16 atom stereocenters. The zero-order valence-corrected chi connectivity index (χ0v) is 80.4. The number of nitrogens with zero attached hydrogens (tertiary/aromatic N) is 14. The molecule has 4 aromatic heterocycles. The molecule has 1 aliphatic carbocycles. The minimum Gasteiger partial charge on any atom is -0.460 e. The second-order valence-electron chi connectivity index (χ2n) is 39.0. The van der Waals surface area contributed by atoms with Gasteiger partial charge in [-0.1, -0.05) is 94.4 Å². The number of nitrogens with two attached hydrogens (primary N) is 2. The Morgan fingerprint density at radius 2 is 1.51 bits per heavy atom. The van der Waals surface area contributed by atoms with Crippen molar-refractivity contribution >= 4 is 80.9 Å². The Morgan fingerprint density at radius 3 is 2.27 bits per heavy atom. The van der Waals surface area contributed by atoms with Gasteiger partial charge >= 0.3 is 5.97 Å². The maximum Gasteiger partial charge on any atom is 0.329 e. The van der Waals surface area contributed by atoms with E-state index in [4.69, 9.17) is 54.2 Å². The number of piperazine rings is 1. The standard InChI is InChI=1S/C101H142N16O18/c1-62-16-12-11-13-17-63(2)84(128-8)54-78-26-19-68(7)101(127,135-78)93(123)97(125)116-35-15-14-18-80(116)98(126)133-85(65(4)50-69-22-27-81(119)86(52-69)129-9)55-82(120)64(3)49-67(6)91(122)92(130-10)89(66(5)48-62)110-132-60-77(118)25-21-71-56-104-100(105-57-71)114-43-41-113(42-44-114)87(121)34-46-131-47-45-111-36-32-76(33-37-111)112-38-29-72(30-39-112)96(124)115-40-31-73-51-70(20-23-75(73)59-115)58-117-95-88(94(102)106-61-107-95)90(109-117)74-24-28-83-79(53-74)108-99(103)134-83/h11-13,16-17,20,23-24,28,49,51,53,56-57,61-62,64-66,68-69,72,76,78,80-82,84-86,91-92,119-120,122,127H,14-15,18-19,21-22,25-27,29-48,50,52,54-55,58-60H2,1-10H3,(H2,103,108)(H2,102,106,107)/b13-11+,16-12+,63-17+,67-49+,110-89?/t62-,64-,65-,66-,68-,69+,78+,80+,81-,82-,84+,85+,86-,91-,92+,101-/m1/s1. The van der Waals surface area contributed by atoms with E-state index in [2.05, 4.69) is 74.8 Å². The first-order valence-corrected chi connectivity index (χ1v) is 48.9. The number of oxazole rings is 1. The van der Waals surface area contributed by atoms with E-state index in [0.717, 1.165) is 87.1 Å². The van der Waals surface area contributed by atoms with Crippen LogP contribution in [0.25, 0.3) is 33.4 Å². The van der Waals surface area contributed by atoms with Gasteiger partial charge in [0.1, 0.15) is 47.7 Å². The Bertz CT molecular complexity index is 5190. The number of rotatable bonds is 24. The fourth-order valence-corrected chi connectivity index (χ4v) is 21.1. The van der Waals surface area contributed by atoms with Crippen molar-refractivity contribution in [1.82, 2.24) is 59.2 Å².